The molecule has 0 saturated carbocycles. The van der Waals surface area contributed by atoms with E-state index >= 15 is 0 Å². The minimum absolute atomic E-state index is 0.0536. The van der Waals surface area contributed by atoms with Crippen molar-refractivity contribution in [3.63, 3.8) is 0 Å². The second-order valence-electron chi connectivity index (χ2n) is 5.16. The number of ether oxygens (including phenoxy) is 3. The van der Waals surface area contributed by atoms with Gasteiger partial charge in [-0.2, -0.15) is 17.6 Å². The fourth-order valence-corrected chi connectivity index (χ4v) is 2.26. The molecule has 0 saturated heterocycles. The lowest BCUT2D eigenvalue weighted by molar-refractivity contribution is -0.129. The molecule has 0 radical (unpaired) electrons. The van der Waals surface area contributed by atoms with Gasteiger partial charge in [0.25, 0.3) is 0 Å². The van der Waals surface area contributed by atoms with E-state index in [4.69, 9.17) is 4.74 Å². The highest BCUT2D eigenvalue weighted by Gasteiger charge is 2.25. The first-order chi connectivity index (χ1) is 12.9. The average molecular weight is 381 g/mol. The fourth-order valence-electron chi connectivity index (χ4n) is 2.26. The van der Waals surface area contributed by atoms with Crippen LogP contribution in [0, 0.1) is 0 Å². The number of hydrogen-bond donors (Lipinski definition) is 0. The normalized spacial score (nSPS) is 15.3. The lowest BCUT2D eigenvalue weighted by Gasteiger charge is -2.07. The van der Waals surface area contributed by atoms with Crippen LogP contribution in [0.15, 0.2) is 59.2 Å². The van der Waals surface area contributed by atoms with Crippen molar-refractivity contribution in [2.24, 2.45) is 4.99 Å². The maximum atomic E-state index is 12.5. The molecule has 1 aliphatic heterocycles. The molecule has 0 unspecified atom stereocenters. The summed E-state index contributed by atoms with van der Waals surface area (Å²) in [5, 5.41) is 0. The van der Waals surface area contributed by atoms with Crippen LogP contribution >= 0.6 is 0 Å². The third-order valence-corrected chi connectivity index (χ3v) is 3.37. The van der Waals surface area contributed by atoms with E-state index in [-0.39, 0.29) is 28.7 Å². The Bertz CT molecular complexity index is 894. The van der Waals surface area contributed by atoms with Crippen molar-refractivity contribution in [1.82, 2.24) is 0 Å². The average Bonchev–Trinajstić information content (AvgIpc) is 2.97. The van der Waals surface area contributed by atoms with Crippen molar-refractivity contribution >= 4 is 17.9 Å². The summed E-state index contributed by atoms with van der Waals surface area (Å²) in [6, 6.07) is 11.2. The smallest absolute Gasteiger partial charge is 0.387 e. The second kappa shape index (κ2) is 7.90. The molecule has 1 aliphatic rings. The van der Waals surface area contributed by atoms with Crippen molar-refractivity contribution in [3.05, 3.63) is 65.4 Å². The van der Waals surface area contributed by atoms with Crippen LogP contribution in [0.2, 0.25) is 0 Å². The van der Waals surface area contributed by atoms with Crippen LogP contribution in [0.4, 0.5) is 17.6 Å². The van der Waals surface area contributed by atoms with Crippen LogP contribution in [-0.2, 0) is 9.53 Å². The van der Waals surface area contributed by atoms with Gasteiger partial charge in [-0.05, 0) is 36.4 Å². The van der Waals surface area contributed by atoms with Gasteiger partial charge in [0, 0.05) is 11.1 Å². The van der Waals surface area contributed by atoms with Crippen molar-refractivity contribution in [3.8, 4) is 11.5 Å². The zero-order valence-electron chi connectivity index (χ0n) is 13.4. The zero-order valence-corrected chi connectivity index (χ0v) is 13.4. The van der Waals surface area contributed by atoms with Gasteiger partial charge in [0.15, 0.2) is 5.70 Å². The lowest BCUT2D eigenvalue weighted by atomic mass is 10.1. The number of carbonyl (C=O) groups is 1. The third kappa shape index (κ3) is 4.63. The predicted molar refractivity (Wildman–Crippen MR) is 86.8 cm³/mol. The van der Waals surface area contributed by atoms with Gasteiger partial charge in [-0.3, -0.25) is 0 Å². The van der Waals surface area contributed by atoms with Crippen molar-refractivity contribution in [2.75, 3.05) is 0 Å². The Morgan fingerprint density at radius 2 is 1.59 bits per heavy atom. The maximum Gasteiger partial charge on any atom is 0.387 e. The summed E-state index contributed by atoms with van der Waals surface area (Å²) in [7, 11) is 0. The van der Waals surface area contributed by atoms with Crippen LogP contribution in [0.25, 0.3) is 6.08 Å². The molecule has 27 heavy (non-hydrogen) atoms. The van der Waals surface area contributed by atoms with Gasteiger partial charge in [0.2, 0.25) is 5.90 Å². The SMILES string of the molecule is O=C1OC(c2ccc(OC(F)F)cc2)=N/C1=C\c1ccccc1OC(F)F. The molecule has 0 bridgehead atoms. The van der Waals surface area contributed by atoms with Crippen LogP contribution in [0.3, 0.4) is 0 Å². The standard InChI is InChI=1S/C18H11F4NO4/c19-17(20)25-12-7-5-10(6-8-12)15-23-13(16(24)27-15)9-11-3-1-2-4-14(11)26-18(21)22/h1-9,17-18H/b13-9-. The molecule has 0 N–H and O–H groups in total. The highest BCUT2D eigenvalue weighted by atomic mass is 19.3. The molecule has 1 heterocycles. The Labute approximate surface area is 150 Å². The molecule has 9 heteroatoms. The van der Waals surface area contributed by atoms with Gasteiger partial charge in [-0.25, -0.2) is 9.79 Å². The number of esters is 1. The third-order valence-electron chi connectivity index (χ3n) is 3.37. The molecule has 0 spiro atoms. The van der Waals surface area contributed by atoms with Crippen molar-refractivity contribution in [2.45, 2.75) is 13.2 Å². The molecular formula is C18H11F4NO4. The molecule has 0 atom stereocenters. The van der Waals surface area contributed by atoms with E-state index in [9.17, 15) is 22.4 Å². The topological polar surface area (TPSA) is 57.1 Å². The lowest BCUT2D eigenvalue weighted by Crippen LogP contribution is -2.06. The monoisotopic (exact) mass is 381 g/mol. The number of benzene rings is 2. The van der Waals surface area contributed by atoms with E-state index < -0.39 is 19.2 Å². The first-order valence-electron chi connectivity index (χ1n) is 7.54. The van der Waals surface area contributed by atoms with Crippen molar-refractivity contribution in [1.29, 1.82) is 0 Å². The van der Waals surface area contributed by atoms with Gasteiger partial charge in [-0.1, -0.05) is 18.2 Å². The number of cyclic esters (lactones) is 1. The van der Waals surface area contributed by atoms with E-state index in [2.05, 4.69) is 14.5 Å². The van der Waals surface area contributed by atoms with E-state index in [0.29, 0.717) is 5.56 Å². The maximum absolute atomic E-state index is 12.5. The number of rotatable bonds is 6. The number of para-hydroxylation sites is 1. The minimum atomic E-state index is -3.02. The van der Waals surface area contributed by atoms with Crippen LogP contribution in [0.1, 0.15) is 11.1 Å². The molecule has 5 nitrogen and oxygen atoms in total. The summed E-state index contributed by atoms with van der Waals surface area (Å²) < 4.78 is 62.9. The highest BCUT2D eigenvalue weighted by Crippen LogP contribution is 2.26. The number of alkyl halides is 4. The first-order valence-corrected chi connectivity index (χ1v) is 7.54. The molecule has 0 fully saturated rings. The van der Waals surface area contributed by atoms with Gasteiger partial charge in [-0.15, -0.1) is 0 Å². The number of nitrogens with zero attached hydrogens (tertiary/aromatic N) is 1. The Morgan fingerprint density at radius 3 is 2.26 bits per heavy atom. The number of hydrogen-bond acceptors (Lipinski definition) is 5. The van der Waals surface area contributed by atoms with Crippen LogP contribution in [-0.4, -0.2) is 25.1 Å². The Kier molecular flexibility index (Phi) is 5.39. The molecule has 0 aliphatic carbocycles. The summed E-state index contributed by atoms with van der Waals surface area (Å²) in [6.45, 7) is -5.98. The fraction of sp³-hybridized carbons (Fsp3) is 0.111. The number of halogens is 4. The zero-order chi connectivity index (χ0) is 19.4. The summed E-state index contributed by atoms with van der Waals surface area (Å²) >= 11 is 0. The summed E-state index contributed by atoms with van der Waals surface area (Å²) in [6.07, 6.45) is 1.25. The van der Waals surface area contributed by atoms with Crippen molar-refractivity contribution < 1.29 is 36.6 Å². The minimum Gasteiger partial charge on any atom is -0.435 e. The van der Waals surface area contributed by atoms with E-state index in [1.165, 1.54) is 48.5 Å². The Morgan fingerprint density at radius 1 is 0.926 bits per heavy atom. The summed E-state index contributed by atoms with van der Waals surface area (Å²) in [4.78, 5) is 16.0. The predicted octanol–water partition coefficient (Wildman–Crippen LogP) is 4.23. The molecule has 0 amide bonds. The van der Waals surface area contributed by atoms with E-state index in [1.807, 2.05) is 0 Å². The van der Waals surface area contributed by atoms with Crippen LogP contribution < -0.4 is 9.47 Å². The molecule has 140 valence electrons. The number of aliphatic imine (C=N–C) groups is 1. The van der Waals surface area contributed by atoms with E-state index in [0.717, 1.165) is 0 Å². The van der Waals surface area contributed by atoms with Gasteiger partial charge in [0.1, 0.15) is 11.5 Å². The molecule has 2 aromatic carbocycles. The number of carbonyl (C=O) groups excluding carboxylic acids is 1. The van der Waals surface area contributed by atoms with Crippen LogP contribution in [0.5, 0.6) is 11.5 Å². The molecule has 2 aromatic rings. The van der Waals surface area contributed by atoms with Gasteiger partial charge >= 0.3 is 19.2 Å². The summed E-state index contributed by atoms with van der Waals surface area (Å²) in [5.74, 6) is -1.02. The quantitative estimate of drug-likeness (QED) is 0.427. The summed E-state index contributed by atoms with van der Waals surface area (Å²) in [5.41, 5.74) is 0.448. The molecule has 0 aromatic heterocycles. The Hall–Kier alpha value is -3.36. The Balaban J connectivity index is 1.85. The second-order valence-corrected chi connectivity index (χ2v) is 5.16. The highest BCUT2D eigenvalue weighted by molar-refractivity contribution is 6.13. The molecule has 3 rings (SSSR count). The first kappa shape index (κ1) is 18.4. The van der Waals surface area contributed by atoms with Gasteiger partial charge < -0.3 is 14.2 Å². The molecular weight excluding hydrogens is 370 g/mol. The van der Waals surface area contributed by atoms with Gasteiger partial charge in [0.05, 0.1) is 0 Å². The van der Waals surface area contributed by atoms with E-state index in [1.54, 1.807) is 6.07 Å². The largest absolute Gasteiger partial charge is 0.435 e.